The molecule has 4 nitrogen and oxygen atoms in total. The summed E-state index contributed by atoms with van der Waals surface area (Å²) in [5.74, 6) is -6.04. The summed E-state index contributed by atoms with van der Waals surface area (Å²) in [6.45, 7) is -0.989. The van der Waals surface area contributed by atoms with Crippen molar-refractivity contribution in [2.24, 2.45) is 0 Å². The Morgan fingerprint density at radius 1 is 1.19 bits per heavy atom. The Morgan fingerprint density at radius 3 is 2.05 bits per heavy atom. The van der Waals surface area contributed by atoms with Crippen LogP contribution >= 0.6 is 47.8 Å². The average molecular weight is 505 g/mol. The Balaban J connectivity index is 3.01. The molecule has 0 amide bonds. The number of hydrogen-bond donors (Lipinski definition) is 1. The predicted octanol–water partition coefficient (Wildman–Crippen LogP) is 4.24. The molecule has 0 bridgehead atoms. The third-order valence-corrected chi connectivity index (χ3v) is 3.27. The van der Waals surface area contributed by atoms with Crippen LogP contribution in [-0.2, 0) is 4.79 Å². The summed E-state index contributed by atoms with van der Waals surface area (Å²) in [5, 5.41) is 8.34. The van der Waals surface area contributed by atoms with E-state index in [0.717, 1.165) is 0 Å². The minimum Gasteiger partial charge on any atom is -0.479 e. The summed E-state index contributed by atoms with van der Waals surface area (Å²) in [5.41, 5.74) is 0. The monoisotopic (exact) mass is 502 g/mol. The molecule has 0 atom stereocenters. The molecule has 1 rings (SSSR count). The zero-order valence-corrected chi connectivity index (χ0v) is 14.4. The van der Waals surface area contributed by atoms with E-state index < -0.39 is 44.0 Å². The summed E-state index contributed by atoms with van der Waals surface area (Å²) in [4.78, 5) is 10.3. The van der Waals surface area contributed by atoms with Crippen LogP contribution < -0.4 is 9.47 Å². The van der Waals surface area contributed by atoms with Gasteiger partial charge in [0.05, 0.1) is 0 Å². The van der Waals surface area contributed by atoms with Crippen molar-refractivity contribution in [1.29, 1.82) is 0 Å². The topological polar surface area (TPSA) is 55.8 Å². The second kappa shape index (κ2) is 6.69. The zero-order valence-electron chi connectivity index (χ0n) is 9.68. The van der Waals surface area contributed by atoms with Crippen molar-refractivity contribution in [1.82, 2.24) is 0 Å². The van der Waals surface area contributed by atoms with Crippen LogP contribution in [0.15, 0.2) is 12.1 Å². The van der Waals surface area contributed by atoms with Gasteiger partial charge in [0.1, 0.15) is 5.75 Å². The number of alkyl halides is 5. The fourth-order valence-corrected chi connectivity index (χ4v) is 1.32. The lowest BCUT2D eigenvalue weighted by atomic mass is 10.3. The molecule has 118 valence electrons. The average Bonchev–Trinajstić information content (AvgIpc) is 2.24. The van der Waals surface area contributed by atoms with Crippen molar-refractivity contribution >= 4 is 53.8 Å². The number of halogens is 7. The van der Waals surface area contributed by atoms with Crippen LogP contribution in [0.25, 0.3) is 0 Å². The number of carboxylic acid groups (broad SMARTS) is 1. The number of benzene rings is 1. The van der Waals surface area contributed by atoms with Crippen molar-refractivity contribution < 1.29 is 36.9 Å². The predicted molar refractivity (Wildman–Crippen MR) is 74.6 cm³/mol. The lowest BCUT2D eigenvalue weighted by Gasteiger charge is -2.25. The smallest absolute Gasteiger partial charge is 0.433 e. The second-order valence-corrected chi connectivity index (χ2v) is 10.3. The van der Waals surface area contributed by atoms with E-state index in [2.05, 4.69) is 57.3 Å². The van der Waals surface area contributed by atoms with Gasteiger partial charge in [-0.1, -0.05) is 0 Å². The molecular formula is C10H5Br3F4O4. The quantitative estimate of drug-likeness (QED) is 0.481. The first kappa shape index (κ1) is 18.5. The molecule has 0 aromatic heterocycles. The number of carbonyl (C=O) groups is 1. The molecule has 1 aromatic rings. The minimum atomic E-state index is -3.91. The summed E-state index contributed by atoms with van der Waals surface area (Å²) in [6, 6.07) is 0.875. The Kier molecular flexibility index (Phi) is 5.90. The fraction of sp³-hybridized carbons (Fsp3) is 0.300. The Bertz CT molecular complexity index is 525. The first-order valence-electron chi connectivity index (χ1n) is 4.91. The first-order valence-corrected chi connectivity index (χ1v) is 7.29. The van der Waals surface area contributed by atoms with Crippen molar-refractivity contribution in [2.75, 3.05) is 6.61 Å². The number of aliphatic carboxylic acids is 1. The van der Waals surface area contributed by atoms with Crippen LogP contribution in [0.5, 0.6) is 11.5 Å². The molecule has 21 heavy (non-hydrogen) atoms. The highest BCUT2D eigenvalue weighted by atomic mass is 80.0. The van der Waals surface area contributed by atoms with E-state index in [1.807, 2.05) is 0 Å². The molecule has 0 heterocycles. The molecule has 1 aromatic carbocycles. The van der Waals surface area contributed by atoms with Gasteiger partial charge in [-0.05, 0) is 47.8 Å². The van der Waals surface area contributed by atoms with Crippen molar-refractivity contribution in [3.8, 4) is 11.5 Å². The van der Waals surface area contributed by atoms with Gasteiger partial charge in [-0.25, -0.2) is 13.6 Å². The Morgan fingerprint density at radius 2 is 1.67 bits per heavy atom. The zero-order chi connectivity index (χ0) is 16.4. The summed E-state index contributed by atoms with van der Waals surface area (Å²) < 4.78 is 60.5. The number of hydrogen-bond acceptors (Lipinski definition) is 3. The molecule has 0 saturated heterocycles. The van der Waals surface area contributed by atoms with Crippen molar-refractivity contribution in [3.63, 3.8) is 0 Å². The lowest BCUT2D eigenvalue weighted by molar-refractivity contribution is -0.163. The number of carboxylic acids is 1. The van der Waals surface area contributed by atoms with Gasteiger partial charge in [-0.2, -0.15) is 8.78 Å². The normalized spacial score (nSPS) is 12.1. The molecule has 0 spiro atoms. The second-order valence-electron chi connectivity index (χ2n) is 3.52. The molecular weight excluding hydrogens is 500 g/mol. The van der Waals surface area contributed by atoms with Gasteiger partial charge < -0.3 is 14.6 Å². The van der Waals surface area contributed by atoms with Crippen LogP contribution in [0.1, 0.15) is 0 Å². The minimum absolute atomic E-state index is 0.437. The molecule has 0 aliphatic carbocycles. The largest absolute Gasteiger partial charge is 0.479 e. The maximum atomic E-state index is 13.5. The molecule has 0 saturated carbocycles. The highest BCUT2D eigenvalue weighted by Gasteiger charge is 2.52. The van der Waals surface area contributed by atoms with Crippen LogP contribution in [0.4, 0.5) is 17.6 Å². The van der Waals surface area contributed by atoms with Gasteiger partial charge in [-0.15, -0.1) is 0 Å². The van der Waals surface area contributed by atoms with Gasteiger partial charge in [0.25, 0.3) is 0 Å². The van der Waals surface area contributed by atoms with Crippen LogP contribution in [0.2, 0.25) is 0 Å². The highest BCUT2D eigenvalue weighted by Crippen LogP contribution is 2.48. The van der Waals surface area contributed by atoms with E-state index in [9.17, 15) is 22.4 Å². The molecule has 0 fully saturated rings. The highest BCUT2D eigenvalue weighted by molar-refractivity contribution is 9.39. The Hall–Kier alpha value is -0.550. The SMILES string of the molecule is O=C(O)COc1c(F)cc(OC(F)(F)C(Br)(Br)Br)cc1F. The summed E-state index contributed by atoms with van der Waals surface area (Å²) in [7, 11) is 0. The van der Waals surface area contributed by atoms with Gasteiger partial charge in [0.2, 0.25) is 2.14 Å². The Labute approximate surface area is 140 Å². The van der Waals surface area contributed by atoms with E-state index in [-0.39, 0.29) is 0 Å². The standard InChI is InChI=1S/C10H5Br3F4O4/c11-9(12,13)10(16,17)21-4-1-5(14)8(6(15)2-4)20-3-7(18)19/h1-2H,3H2,(H,18,19). The number of ether oxygens (including phenoxy) is 2. The van der Waals surface area contributed by atoms with E-state index in [4.69, 9.17) is 5.11 Å². The molecule has 0 radical (unpaired) electrons. The molecule has 1 N–H and O–H groups in total. The van der Waals surface area contributed by atoms with Gasteiger partial charge in [0.15, 0.2) is 24.0 Å². The van der Waals surface area contributed by atoms with Crippen LogP contribution in [-0.4, -0.2) is 25.9 Å². The maximum absolute atomic E-state index is 13.5. The third kappa shape index (κ3) is 4.99. The third-order valence-electron chi connectivity index (χ3n) is 1.89. The first-order chi connectivity index (χ1) is 9.44. The summed E-state index contributed by atoms with van der Waals surface area (Å²) >= 11 is 7.59. The molecule has 0 unspecified atom stereocenters. The van der Waals surface area contributed by atoms with Crippen molar-refractivity contribution in [3.05, 3.63) is 23.8 Å². The summed E-state index contributed by atoms with van der Waals surface area (Å²) in [6.07, 6.45) is -3.91. The van der Waals surface area contributed by atoms with E-state index >= 15 is 0 Å². The van der Waals surface area contributed by atoms with Crippen molar-refractivity contribution in [2.45, 2.75) is 8.25 Å². The maximum Gasteiger partial charge on any atom is 0.433 e. The fourth-order valence-electron chi connectivity index (χ4n) is 1.07. The van der Waals surface area contributed by atoms with Gasteiger partial charge >= 0.3 is 12.1 Å². The lowest BCUT2D eigenvalue weighted by Crippen LogP contribution is -2.38. The van der Waals surface area contributed by atoms with Crippen LogP contribution in [0.3, 0.4) is 0 Å². The van der Waals surface area contributed by atoms with E-state index in [1.165, 1.54) is 0 Å². The van der Waals surface area contributed by atoms with Gasteiger partial charge in [0, 0.05) is 12.1 Å². The molecule has 11 heteroatoms. The van der Waals surface area contributed by atoms with Crippen LogP contribution in [0, 0.1) is 11.6 Å². The molecule has 0 aliphatic heterocycles. The van der Waals surface area contributed by atoms with E-state index in [1.54, 1.807) is 0 Å². The number of rotatable bonds is 5. The van der Waals surface area contributed by atoms with E-state index in [0.29, 0.717) is 12.1 Å². The van der Waals surface area contributed by atoms with Gasteiger partial charge in [-0.3, -0.25) is 0 Å². The molecule has 0 aliphatic rings.